The first kappa shape index (κ1) is 19.6. The van der Waals surface area contributed by atoms with Crippen LogP contribution in [0.5, 0.6) is 0 Å². The van der Waals surface area contributed by atoms with Crippen molar-refractivity contribution in [1.82, 2.24) is 0 Å². The molecule has 8 heteroatoms. The van der Waals surface area contributed by atoms with Crippen molar-refractivity contribution in [3.05, 3.63) is 0 Å². The zero-order valence-corrected chi connectivity index (χ0v) is 17.0. The Hall–Kier alpha value is 0.504. The minimum Gasteiger partial charge on any atom is -0.455 e. The van der Waals surface area contributed by atoms with Crippen LogP contribution in [0.15, 0.2) is 0 Å². The molecule has 1 aliphatic rings. The molecule has 1 heterocycles. The number of hydrogen-bond donors (Lipinski definition) is 0. The molecule has 0 spiro atoms. The summed E-state index contributed by atoms with van der Waals surface area (Å²) < 4.78 is 33.6. The smallest absolute Gasteiger partial charge is 0.455 e. The Morgan fingerprint density at radius 2 is 1.52 bits per heavy atom. The lowest BCUT2D eigenvalue weighted by Gasteiger charge is -2.34. The van der Waals surface area contributed by atoms with E-state index in [-0.39, 0.29) is 0 Å². The van der Waals surface area contributed by atoms with E-state index in [4.69, 9.17) is 17.7 Å². The van der Waals surface area contributed by atoms with Gasteiger partial charge in [-0.2, -0.15) is 0 Å². The predicted octanol–water partition coefficient (Wildman–Crippen LogP) is 4.77. The molecule has 0 aromatic heterocycles. The third-order valence-electron chi connectivity index (χ3n) is 3.44. The van der Waals surface area contributed by atoms with Gasteiger partial charge in [0.1, 0.15) is 0 Å². The Morgan fingerprint density at radius 1 is 1.00 bits per heavy atom. The van der Waals surface area contributed by atoms with Crippen molar-refractivity contribution in [2.24, 2.45) is 0 Å². The summed E-state index contributed by atoms with van der Waals surface area (Å²) in [4.78, 5) is 0. The first-order valence-electron chi connectivity index (χ1n) is 7.92. The molecule has 0 aromatic rings. The highest BCUT2D eigenvalue weighted by molar-refractivity contribution is 7.48. The Labute approximate surface area is 131 Å². The summed E-state index contributed by atoms with van der Waals surface area (Å²) in [5.74, 6) is 0. The number of phosphoric ester groups is 1. The van der Waals surface area contributed by atoms with E-state index in [0.717, 1.165) is 12.5 Å². The minimum atomic E-state index is -3.22. The third kappa shape index (κ3) is 8.06. The van der Waals surface area contributed by atoms with Crippen LogP contribution in [0.1, 0.15) is 26.2 Å². The van der Waals surface area contributed by atoms with Crippen LogP contribution < -0.4 is 0 Å². The average molecular weight is 355 g/mol. The molecule has 0 atom stereocenters. The molecule has 0 unspecified atom stereocenters. The van der Waals surface area contributed by atoms with Crippen LogP contribution in [0.4, 0.5) is 0 Å². The molecule has 1 fully saturated rings. The zero-order chi connectivity index (χ0) is 16.0. The fourth-order valence-corrected chi connectivity index (χ4v) is 12.7. The molecule has 5 nitrogen and oxygen atoms in total. The maximum atomic E-state index is 11.8. The summed E-state index contributed by atoms with van der Waals surface area (Å²) in [7, 11) is -6.45. The summed E-state index contributed by atoms with van der Waals surface area (Å²) in [6.07, 6.45) is 3.32. The van der Waals surface area contributed by atoms with Gasteiger partial charge in [-0.3, -0.25) is 13.6 Å². The molecule has 0 amide bonds. The zero-order valence-electron chi connectivity index (χ0n) is 14.1. The molecule has 0 N–H and O–H groups in total. The van der Waals surface area contributed by atoms with Gasteiger partial charge < -0.3 is 4.12 Å². The Balaban J connectivity index is 2.27. The molecular formula is C13H31O5PSi2. The maximum absolute atomic E-state index is 11.8. The molecule has 0 aliphatic carbocycles. The van der Waals surface area contributed by atoms with Gasteiger partial charge in [-0.15, -0.1) is 0 Å². The van der Waals surface area contributed by atoms with E-state index in [1.807, 2.05) is 0 Å². The van der Waals surface area contributed by atoms with Crippen LogP contribution in [0.25, 0.3) is 0 Å². The van der Waals surface area contributed by atoms with Gasteiger partial charge in [0, 0.05) is 0 Å². The quantitative estimate of drug-likeness (QED) is 0.321. The van der Waals surface area contributed by atoms with E-state index in [1.165, 1.54) is 18.9 Å². The number of phosphoric acid groups is 1. The van der Waals surface area contributed by atoms with Gasteiger partial charge in [-0.25, -0.2) is 4.57 Å². The van der Waals surface area contributed by atoms with Crippen molar-refractivity contribution >= 4 is 24.5 Å². The molecule has 0 saturated carbocycles. The maximum Gasteiger partial charge on any atom is 0.474 e. The highest BCUT2D eigenvalue weighted by Gasteiger charge is 2.34. The Bertz CT molecular complexity index is 352. The van der Waals surface area contributed by atoms with Crippen LogP contribution in [-0.4, -0.2) is 36.5 Å². The van der Waals surface area contributed by atoms with Crippen LogP contribution >= 0.6 is 7.82 Å². The van der Waals surface area contributed by atoms with Crippen molar-refractivity contribution in [2.75, 3.05) is 19.8 Å². The van der Waals surface area contributed by atoms with Crippen LogP contribution in [-0.2, 0) is 22.3 Å². The lowest BCUT2D eigenvalue weighted by atomic mass is 10.4. The molecule has 1 rings (SSSR count). The second-order valence-electron chi connectivity index (χ2n) is 6.78. The van der Waals surface area contributed by atoms with Gasteiger partial charge in [0.25, 0.3) is 0 Å². The van der Waals surface area contributed by atoms with Crippen molar-refractivity contribution in [2.45, 2.75) is 64.5 Å². The van der Waals surface area contributed by atoms with E-state index in [9.17, 15) is 4.57 Å². The largest absolute Gasteiger partial charge is 0.474 e. The lowest BCUT2D eigenvalue weighted by molar-refractivity contribution is 0.190. The van der Waals surface area contributed by atoms with E-state index in [0.29, 0.717) is 19.8 Å². The summed E-state index contributed by atoms with van der Waals surface area (Å²) in [6.45, 7) is 12.5. The number of hydrogen-bond acceptors (Lipinski definition) is 5. The first-order valence-corrected chi connectivity index (χ1v) is 15.6. The average Bonchev–Trinajstić information content (AvgIpc) is 2.78. The van der Waals surface area contributed by atoms with Crippen molar-refractivity contribution < 1.29 is 22.3 Å². The highest BCUT2D eigenvalue weighted by atomic mass is 31.2. The molecule has 21 heavy (non-hydrogen) atoms. The van der Waals surface area contributed by atoms with Gasteiger partial charge >= 0.3 is 7.82 Å². The third-order valence-corrected chi connectivity index (χ3v) is 12.5. The number of unbranched alkanes of at least 4 members (excludes halogenated alkanes) is 1. The van der Waals surface area contributed by atoms with Gasteiger partial charge in [0.15, 0.2) is 16.6 Å². The van der Waals surface area contributed by atoms with E-state index in [2.05, 4.69) is 33.1 Å². The second kappa shape index (κ2) is 8.38. The minimum absolute atomic E-state index is 0.359. The lowest BCUT2D eigenvalue weighted by Crippen LogP contribution is -2.44. The van der Waals surface area contributed by atoms with E-state index >= 15 is 0 Å². The summed E-state index contributed by atoms with van der Waals surface area (Å²) in [5.41, 5.74) is 0. The molecular weight excluding hydrogens is 323 g/mol. The Morgan fingerprint density at radius 3 is 2.05 bits per heavy atom. The molecule has 126 valence electrons. The Kier molecular flexibility index (Phi) is 7.80. The summed E-state index contributed by atoms with van der Waals surface area (Å²) in [5, 5.41) is 0. The standard InChI is InChI=1S/C13H31O5PSi2/c1-6-7-12-20(2,3)18-21(4,5)13-8-9-15-19(14)16-10-11-17-19/h6-13H2,1-5H3. The van der Waals surface area contributed by atoms with Crippen LogP contribution in [0.3, 0.4) is 0 Å². The predicted molar refractivity (Wildman–Crippen MR) is 90.7 cm³/mol. The second-order valence-corrected chi connectivity index (χ2v) is 17.3. The van der Waals surface area contributed by atoms with Crippen LogP contribution in [0, 0.1) is 0 Å². The highest BCUT2D eigenvalue weighted by Crippen LogP contribution is 2.52. The number of rotatable bonds is 10. The van der Waals surface area contributed by atoms with Crippen molar-refractivity contribution in [3.63, 3.8) is 0 Å². The van der Waals surface area contributed by atoms with Gasteiger partial charge in [0.05, 0.1) is 19.8 Å². The monoisotopic (exact) mass is 354 g/mol. The topological polar surface area (TPSA) is 54.0 Å². The van der Waals surface area contributed by atoms with Crippen molar-refractivity contribution in [3.8, 4) is 0 Å². The fraction of sp³-hybridized carbons (Fsp3) is 1.00. The summed E-state index contributed by atoms with van der Waals surface area (Å²) >= 11 is 0. The molecule has 1 saturated heterocycles. The van der Waals surface area contributed by atoms with Crippen molar-refractivity contribution in [1.29, 1.82) is 0 Å². The molecule has 1 aliphatic heterocycles. The van der Waals surface area contributed by atoms with Gasteiger partial charge in [-0.05, 0) is 44.7 Å². The van der Waals surface area contributed by atoms with Gasteiger partial charge in [-0.1, -0.05) is 19.8 Å². The summed E-state index contributed by atoms with van der Waals surface area (Å²) in [6, 6.07) is 2.24. The molecule has 0 radical (unpaired) electrons. The fourth-order valence-electron chi connectivity index (χ4n) is 2.54. The van der Waals surface area contributed by atoms with E-state index < -0.39 is 24.5 Å². The SMILES string of the molecule is CCCC[Si](C)(C)O[Si](C)(C)CCCOP1(=O)OCCO1. The van der Waals surface area contributed by atoms with Crippen LogP contribution in [0.2, 0.25) is 38.3 Å². The molecule has 0 aromatic carbocycles. The first-order chi connectivity index (χ1) is 9.68. The van der Waals surface area contributed by atoms with E-state index in [1.54, 1.807) is 0 Å². The van der Waals surface area contributed by atoms with Gasteiger partial charge in [0.2, 0.25) is 0 Å². The normalized spacial score (nSPS) is 19.1. The molecule has 0 bridgehead atoms.